The number of rotatable bonds is 4. The van der Waals surface area contributed by atoms with Crippen molar-refractivity contribution in [3.63, 3.8) is 0 Å². The standard InChI is InChI=1S/C26H34O4Si/c1-25(2,3)31(19-10-6-4-7-11-19,20-12-8-5-9-13-20)30-24-21-14-15-26(28-16-17-29-26)22(21)18-23(24)27/h4-13,21-24,27H,14-18H2,1-3H3/t21-,22-,23+,24+/m0/s1. The lowest BCUT2D eigenvalue weighted by Crippen LogP contribution is -2.68. The van der Waals surface area contributed by atoms with Gasteiger partial charge in [0.2, 0.25) is 0 Å². The van der Waals surface area contributed by atoms with E-state index in [0.29, 0.717) is 19.6 Å². The van der Waals surface area contributed by atoms with Crippen molar-refractivity contribution in [3.8, 4) is 0 Å². The molecule has 1 heterocycles. The van der Waals surface area contributed by atoms with Crippen LogP contribution in [0.1, 0.15) is 40.0 Å². The maximum atomic E-state index is 11.2. The van der Waals surface area contributed by atoms with Crippen LogP contribution in [0.3, 0.4) is 0 Å². The first-order chi connectivity index (χ1) is 14.9. The van der Waals surface area contributed by atoms with Gasteiger partial charge in [0, 0.05) is 12.3 Å². The van der Waals surface area contributed by atoms with E-state index < -0.39 is 20.2 Å². The van der Waals surface area contributed by atoms with E-state index in [0.717, 1.165) is 12.8 Å². The average molecular weight is 439 g/mol. The first kappa shape index (κ1) is 21.3. The molecule has 5 heteroatoms. The summed E-state index contributed by atoms with van der Waals surface area (Å²) in [6.07, 6.45) is 1.86. The van der Waals surface area contributed by atoms with Gasteiger partial charge in [0.1, 0.15) is 0 Å². The van der Waals surface area contributed by atoms with Crippen molar-refractivity contribution < 1.29 is 19.0 Å². The van der Waals surface area contributed by atoms with E-state index in [9.17, 15) is 5.11 Å². The summed E-state index contributed by atoms with van der Waals surface area (Å²) in [6, 6.07) is 21.4. The zero-order chi connectivity index (χ0) is 21.7. The minimum atomic E-state index is -2.71. The third-order valence-electron chi connectivity index (χ3n) is 7.71. The molecule has 4 atom stereocenters. The molecule has 0 aromatic heterocycles. The first-order valence-corrected chi connectivity index (χ1v) is 13.5. The van der Waals surface area contributed by atoms with E-state index in [1.165, 1.54) is 10.4 Å². The molecule has 0 unspecified atom stereocenters. The highest BCUT2D eigenvalue weighted by atomic mass is 28.4. The van der Waals surface area contributed by atoms with Gasteiger partial charge in [-0.2, -0.15) is 0 Å². The molecular weight excluding hydrogens is 404 g/mol. The topological polar surface area (TPSA) is 47.9 Å². The number of aliphatic hydroxyl groups excluding tert-OH is 1. The number of hydrogen-bond acceptors (Lipinski definition) is 4. The van der Waals surface area contributed by atoms with Crippen molar-refractivity contribution in [1.82, 2.24) is 0 Å². The normalized spacial score (nSPS) is 30.1. The van der Waals surface area contributed by atoms with Crippen LogP contribution in [0.15, 0.2) is 60.7 Å². The fourth-order valence-electron chi connectivity index (χ4n) is 6.40. The minimum absolute atomic E-state index is 0.107. The number of aliphatic hydroxyl groups is 1. The molecule has 1 spiro atoms. The van der Waals surface area contributed by atoms with Crippen molar-refractivity contribution in [2.45, 2.75) is 63.1 Å². The van der Waals surface area contributed by atoms with Gasteiger partial charge in [-0.15, -0.1) is 0 Å². The summed E-state index contributed by atoms with van der Waals surface area (Å²) in [4.78, 5) is 0. The molecule has 1 aliphatic heterocycles. The van der Waals surface area contributed by atoms with Gasteiger partial charge in [0.25, 0.3) is 8.32 Å². The second-order valence-corrected chi connectivity index (χ2v) is 14.6. The van der Waals surface area contributed by atoms with E-state index in [1.807, 2.05) is 0 Å². The molecule has 0 radical (unpaired) electrons. The van der Waals surface area contributed by atoms with Crippen LogP contribution in [-0.4, -0.2) is 44.6 Å². The molecule has 2 saturated carbocycles. The molecule has 3 fully saturated rings. The molecule has 166 valence electrons. The van der Waals surface area contributed by atoms with Crippen LogP contribution >= 0.6 is 0 Å². The molecule has 3 aliphatic rings. The Kier molecular flexibility index (Phi) is 5.38. The maximum Gasteiger partial charge on any atom is 0.261 e. The van der Waals surface area contributed by atoms with Crippen molar-refractivity contribution in [1.29, 1.82) is 0 Å². The van der Waals surface area contributed by atoms with Crippen molar-refractivity contribution >= 4 is 18.7 Å². The summed E-state index contributed by atoms with van der Waals surface area (Å²) in [6.45, 7) is 8.17. The largest absolute Gasteiger partial charge is 0.402 e. The van der Waals surface area contributed by atoms with E-state index in [1.54, 1.807) is 0 Å². The Morgan fingerprint density at radius 2 is 1.48 bits per heavy atom. The van der Waals surface area contributed by atoms with Crippen molar-refractivity contribution in [2.75, 3.05) is 13.2 Å². The highest BCUT2D eigenvalue weighted by molar-refractivity contribution is 6.99. The van der Waals surface area contributed by atoms with Crippen LogP contribution < -0.4 is 10.4 Å². The van der Waals surface area contributed by atoms with Gasteiger partial charge in [-0.1, -0.05) is 81.4 Å². The maximum absolute atomic E-state index is 11.2. The lowest BCUT2D eigenvalue weighted by Gasteiger charge is -2.46. The number of benzene rings is 2. The summed E-state index contributed by atoms with van der Waals surface area (Å²) in [5.41, 5.74) is 0. The van der Waals surface area contributed by atoms with E-state index in [4.69, 9.17) is 13.9 Å². The fourth-order valence-corrected chi connectivity index (χ4v) is 11.2. The van der Waals surface area contributed by atoms with Crippen molar-refractivity contribution in [3.05, 3.63) is 60.7 Å². The highest BCUT2D eigenvalue weighted by Crippen LogP contribution is 2.55. The predicted molar refractivity (Wildman–Crippen MR) is 124 cm³/mol. The van der Waals surface area contributed by atoms with Gasteiger partial charge in [0.15, 0.2) is 5.79 Å². The van der Waals surface area contributed by atoms with Crippen LogP contribution in [0.5, 0.6) is 0 Å². The number of fused-ring (bicyclic) bond motifs is 2. The van der Waals surface area contributed by atoms with Gasteiger partial charge in [-0.25, -0.2) is 0 Å². The number of ether oxygens (including phenoxy) is 2. The predicted octanol–water partition coefficient (Wildman–Crippen LogP) is 3.47. The van der Waals surface area contributed by atoms with E-state index in [2.05, 4.69) is 81.4 Å². The van der Waals surface area contributed by atoms with Gasteiger partial charge in [0.05, 0.1) is 25.4 Å². The molecule has 31 heavy (non-hydrogen) atoms. The lowest BCUT2D eigenvalue weighted by molar-refractivity contribution is -0.185. The summed E-state index contributed by atoms with van der Waals surface area (Å²) in [7, 11) is -2.71. The molecule has 1 saturated heterocycles. The molecule has 0 bridgehead atoms. The molecule has 2 aromatic rings. The molecule has 2 aliphatic carbocycles. The third-order valence-corrected chi connectivity index (χ3v) is 12.7. The lowest BCUT2D eigenvalue weighted by atomic mass is 9.96. The van der Waals surface area contributed by atoms with Crippen LogP contribution in [0.25, 0.3) is 0 Å². The molecule has 0 amide bonds. The Balaban J connectivity index is 1.58. The van der Waals surface area contributed by atoms with Crippen LogP contribution in [0.4, 0.5) is 0 Å². The molecule has 1 N–H and O–H groups in total. The van der Waals surface area contributed by atoms with Crippen LogP contribution in [0.2, 0.25) is 5.04 Å². The number of hydrogen-bond donors (Lipinski definition) is 1. The smallest absolute Gasteiger partial charge is 0.261 e. The zero-order valence-electron chi connectivity index (χ0n) is 18.8. The molecule has 2 aromatic carbocycles. The van der Waals surface area contributed by atoms with Gasteiger partial charge in [-0.05, 0) is 34.2 Å². The fraction of sp³-hybridized carbons (Fsp3) is 0.538. The Morgan fingerprint density at radius 3 is 2.00 bits per heavy atom. The second kappa shape index (κ2) is 7.82. The van der Waals surface area contributed by atoms with E-state index in [-0.39, 0.29) is 23.0 Å². The molecular formula is C26H34O4Si. The van der Waals surface area contributed by atoms with E-state index >= 15 is 0 Å². The first-order valence-electron chi connectivity index (χ1n) is 11.6. The van der Waals surface area contributed by atoms with Gasteiger partial charge < -0.3 is 19.0 Å². The Hall–Kier alpha value is -1.50. The summed E-state index contributed by atoms with van der Waals surface area (Å²) in [5.74, 6) is -0.0437. The Labute approximate surface area is 186 Å². The quantitative estimate of drug-likeness (QED) is 0.743. The summed E-state index contributed by atoms with van der Waals surface area (Å²) < 4.78 is 19.5. The average Bonchev–Trinajstić information content (AvgIpc) is 3.45. The minimum Gasteiger partial charge on any atom is -0.402 e. The Bertz CT molecular complexity index is 849. The third kappa shape index (κ3) is 3.33. The monoisotopic (exact) mass is 438 g/mol. The van der Waals surface area contributed by atoms with Gasteiger partial charge >= 0.3 is 0 Å². The molecule has 4 nitrogen and oxygen atoms in total. The summed E-state index contributed by atoms with van der Waals surface area (Å²) >= 11 is 0. The molecule has 5 rings (SSSR count). The second-order valence-electron chi connectivity index (χ2n) is 10.4. The zero-order valence-corrected chi connectivity index (χ0v) is 19.8. The van der Waals surface area contributed by atoms with Crippen molar-refractivity contribution in [2.24, 2.45) is 11.8 Å². The summed E-state index contributed by atoms with van der Waals surface area (Å²) in [5, 5.41) is 13.7. The van der Waals surface area contributed by atoms with Gasteiger partial charge in [-0.3, -0.25) is 0 Å². The SMILES string of the molecule is CC(C)(C)[Si](O[C@@H]1[C@H]2CCC3(OCCO3)[C@H]2C[C@H]1O)(c1ccccc1)c1ccccc1. The van der Waals surface area contributed by atoms with Crippen LogP contribution in [-0.2, 0) is 13.9 Å². The highest BCUT2D eigenvalue weighted by Gasteiger charge is 2.62. The Morgan fingerprint density at radius 1 is 0.935 bits per heavy atom. The van der Waals surface area contributed by atoms with Crippen LogP contribution in [0, 0.1) is 11.8 Å².